The SMILES string of the molecule is CC(C)(C)C1=CC=C1.CCCS(=O)(=O)Nc1ccc(F)c(-n2cc(-c3cncnc3)c3nc(N(C)C4CCN(C(C)=O)CC4)ccc32)c1F.[HH]. The van der Waals surface area contributed by atoms with Crippen LogP contribution in [0.3, 0.4) is 0 Å². The molecule has 1 fully saturated rings. The van der Waals surface area contributed by atoms with Gasteiger partial charge < -0.3 is 14.4 Å². The van der Waals surface area contributed by atoms with Crippen molar-refractivity contribution in [2.45, 2.75) is 59.9 Å². The Morgan fingerprint density at radius 1 is 1.10 bits per heavy atom. The third kappa shape index (κ3) is 7.98. The summed E-state index contributed by atoms with van der Waals surface area (Å²) in [5.74, 6) is -1.39. The maximum absolute atomic E-state index is 15.8. The number of amides is 1. The molecule has 1 N–H and O–H groups in total. The molecule has 4 heterocycles. The molecule has 0 radical (unpaired) electrons. The van der Waals surface area contributed by atoms with Gasteiger partial charge in [0.1, 0.15) is 23.6 Å². The van der Waals surface area contributed by atoms with Gasteiger partial charge in [-0.2, -0.15) is 0 Å². The number of aromatic nitrogens is 4. The molecule has 1 saturated heterocycles. The first-order chi connectivity index (χ1) is 23.2. The fourth-order valence-electron chi connectivity index (χ4n) is 5.90. The Morgan fingerprint density at radius 2 is 1.78 bits per heavy atom. The van der Waals surface area contributed by atoms with E-state index >= 15 is 8.78 Å². The van der Waals surface area contributed by atoms with Crippen molar-refractivity contribution < 1.29 is 23.4 Å². The number of piperidine rings is 1. The monoisotopic (exact) mass is 693 g/mol. The number of pyridine rings is 1. The molecular formula is C36H45F2N7O3S. The first-order valence-electron chi connectivity index (χ1n) is 16.3. The number of likely N-dealkylation sites (tertiary alicyclic amines) is 1. The van der Waals surface area contributed by atoms with Gasteiger partial charge in [-0.1, -0.05) is 45.9 Å². The number of hydrogen-bond donors (Lipinski definition) is 1. The molecule has 0 unspecified atom stereocenters. The Bertz CT molecular complexity index is 2000. The molecule has 3 aromatic heterocycles. The largest absolute Gasteiger partial charge is 0.357 e. The van der Waals surface area contributed by atoms with E-state index in [1.165, 1.54) is 16.5 Å². The lowest BCUT2D eigenvalue weighted by atomic mass is 9.82. The number of carbonyl (C=O) groups is 1. The minimum atomic E-state index is -3.81. The lowest BCUT2D eigenvalue weighted by molar-refractivity contribution is -0.129. The van der Waals surface area contributed by atoms with Crippen LogP contribution in [0.4, 0.5) is 20.3 Å². The number of halogens is 2. The topological polar surface area (TPSA) is 113 Å². The lowest BCUT2D eigenvalue weighted by Gasteiger charge is -2.37. The Labute approximate surface area is 288 Å². The van der Waals surface area contributed by atoms with Gasteiger partial charge in [0.2, 0.25) is 15.9 Å². The number of rotatable bonds is 8. The third-order valence-corrected chi connectivity index (χ3v) is 10.3. The summed E-state index contributed by atoms with van der Waals surface area (Å²) >= 11 is 0. The van der Waals surface area contributed by atoms with E-state index in [-0.39, 0.29) is 24.8 Å². The van der Waals surface area contributed by atoms with Gasteiger partial charge in [-0.3, -0.25) is 9.52 Å². The number of carbonyl (C=O) groups excluding carboxylic acids is 1. The van der Waals surface area contributed by atoms with Crippen molar-refractivity contribution in [2.24, 2.45) is 5.41 Å². The summed E-state index contributed by atoms with van der Waals surface area (Å²) in [5.41, 5.74) is 3.08. The fourth-order valence-corrected chi connectivity index (χ4v) is 7.03. The van der Waals surface area contributed by atoms with Crippen molar-refractivity contribution in [3.05, 3.63) is 84.6 Å². The zero-order chi connectivity index (χ0) is 35.5. The van der Waals surface area contributed by atoms with E-state index in [0.29, 0.717) is 52.9 Å². The van der Waals surface area contributed by atoms with Gasteiger partial charge in [-0.15, -0.1) is 0 Å². The molecule has 0 bridgehead atoms. The van der Waals surface area contributed by atoms with Gasteiger partial charge in [-0.25, -0.2) is 32.2 Å². The highest BCUT2D eigenvalue weighted by molar-refractivity contribution is 7.92. The standard InChI is InChI=1S/C28H31F2N7O3S.C8H12.H2/c1-4-13-41(39,40)34-23-6-5-22(29)28(26(23)30)37-16-21(19-14-31-17-32-15-19)27-24(37)7-8-25(33-27)35(3)20-9-11-36(12-10-20)18(2)38;1-8(2,3)7-5-4-6-7;/h5-8,14-17,20,34H,4,9-13H2,1-3H3;4-6H,1-3H3;1H. The van der Waals surface area contributed by atoms with Crippen molar-refractivity contribution >= 4 is 38.5 Å². The van der Waals surface area contributed by atoms with Crippen LogP contribution in [-0.2, 0) is 14.8 Å². The fraction of sp³-hybridized carbons (Fsp3) is 0.389. The summed E-state index contributed by atoms with van der Waals surface area (Å²) in [5, 5.41) is 0. The van der Waals surface area contributed by atoms with Crippen molar-refractivity contribution in [3.63, 3.8) is 0 Å². The molecule has 6 rings (SSSR count). The minimum Gasteiger partial charge on any atom is -0.357 e. The number of anilines is 2. The second-order valence-corrected chi connectivity index (χ2v) is 15.2. The van der Waals surface area contributed by atoms with Gasteiger partial charge in [-0.05, 0) is 54.5 Å². The molecule has 10 nitrogen and oxygen atoms in total. The van der Waals surface area contributed by atoms with Crippen LogP contribution in [0.5, 0.6) is 0 Å². The highest BCUT2D eigenvalue weighted by Crippen LogP contribution is 2.36. The summed E-state index contributed by atoms with van der Waals surface area (Å²) in [6.07, 6.45) is 14.4. The van der Waals surface area contributed by atoms with E-state index in [1.807, 2.05) is 11.9 Å². The highest BCUT2D eigenvalue weighted by atomic mass is 32.2. The second-order valence-electron chi connectivity index (χ2n) is 13.3. The molecule has 0 atom stereocenters. The summed E-state index contributed by atoms with van der Waals surface area (Å²) in [7, 11) is -1.87. The predicted octanol–water partition coefficient (Wildman–Crippen LogP) is 7.13. The smallest absolute Gasteiger partial charge is 0.232 e. The van der Waals surface area contributed by atoms with E-state index in [2.05, 4.69) is 58.6 Å². The number of fused-ring (bicyclic) bond motifs is 1. The molecule has 1 amide bonds. The van der Waals surface area contributed by atoms with Crippen LogP contribution in [0.2, 0.25) is 0 Å². The molecule has 1 aromatic carbocycles. The van der Waals surface area contributed by atoms with Crippen LogP contribution in [0.15, 0.2) is 73.0 Å². The molecule has 1 aliphatic heterocycles. The molecule has 0 saturated carbocycles. The van der Waals surface area contributed by atoms with Crippen LogP contribution in [0, 0.1) is 17.0 Å². The zero-order valence-corrected chi connectivity index (χ0v) is 29.6. The molecule has 49 heavy (non-hydrogen) atoms. The van der Waals surface area contributed by atoms with E-state index < -0.39 is 27.3 Å². The maximum atomic E-state index is 15.8. The first kappa shape index (κ1) is 35.7. The van der Waals surface area contributed by atoms with E-state index in [0.717, 1.165) is 25.0 Å². The first-order valence-corrected chi connectivity index (χ1v) is 18.0. The Hall–Kier alpha value is -4.65. The number of nitrogens with one attached hydrogen (secondary N) is 1. The maximum Gasteiger partial charge on any atom is 0.232 e. The number of hydrogen-bond acceptors (Lipinski definition) is 7. The Morgan fingerprint density at radius 3 is 2.33 bits per heavy atom. The summed E-state index contributed by atoms with van der Waals surface area (Å²) in [6, 6.07) is 5.78. The quantitative estimate of drug-likeness (QED) is 0.209. The highest BCUT2D eigenvalue weighted by Gasteiger charge is 2.27. The lowest BCUT2D eigenvalue weighted by Crippen LogP contribution is -2.45. The van der Waals surface area contributed by atoms with Crippen molar-refractivity contribution in [1.29, 1.82) is 0 Å². The van der Waals surface area contributed by atoms with Crippen LogP contribution in [0.1, 0.15) is 55.3 Å². The Balaban J connectivity index is 0.000000550. The van der Waals surface area contributed by atoms with Crippen LogP contribution in [0.25, 0.3) is 27.8 Å². The number of benzene rings is 1. The molecule has 0 spiro atoms. The number of allylic oxidation sites excluding steroid dienone is 4. The van der Waals surface area contributed by atoms with Crippen LogP contribution < -0.4 is 9.62 Å². The molecular weight excluding hydrogens is 649 g/mol. The van der Waals surface area contributed by atoms with E-state index in [9.17, 15) is 13.2 Å². The molecule has 2 aliphatic rings. The van der Waals surface area contributed by atoms with Crippen LogP contribution in [-0.4, -0.2) is 70.7 Å². The van der Waals surface area contributed by atoms with Crippen molar-refractivity contribution in [2.75, 3.05) is 35.5 Å². The van der Waals surface area contributed by atoms with Gasteiger partial charge in [0.25, 0.3) is 0 Å². The van der Waals surface area contributed by atoms with Crippen molar-refractivity contribution in [3.8, 4) is 16.8 Å². The van der Waals surface area contributed by atoms with Crippen LogP contribution >= 0.6 is 0 Å². The van der Waals surface area contributed by atoms with Crippen molar-refractivity contribution in [1.82, 2.24) is 24.4 Å². The number of sulfonamides is 1. The number of nitrogens with zero attached hydrogens (tertiary/aromatic N) is 6. The molecule has 1 aliphatic carbocycles. The van der Waals surface area contributed by atoms with Gasteiger partial charge >= 0.3 is 0 Å². The molecule has 13 heteroatoms. The van der Waals surface area contributed by atoms with E-state index in [1.54, 1.807) is 44.6 Å². The second kappa shape index (κ2) is 14.5. The molecule has 4 aromatic rings. The summed E-state index contributed by atoms with van der Waals surface area (Å²) in [4.78, 5) is 28.7. The normalized spacial score (nSPS) is 14.9. The average Bonchev–Trinajstić information content (AvgIpc) is 3.39. The van der Waals surface area contributed by atoms with Gasteiger partial charge in [0, 0.05) is 64.2 Å². The van der Waals surface area contributed by atoms with E-state index in [4.69, 9.17) is 4.98 Å². The van der Waals surface area contributed by atoms with Gasteiger partial charge in [0.15, 0.2) is 5.82 Å². The zero-order valence-electron chi connectivity index (χ0n) is 28.7. The molecule has 262 valence electrons. The van der Waals surface area contributed by atoms with Gasteiger partial charge in [0.05, 0.1) is 22.5 Å². The Kier molecular flexibility index (Phi) is 10.5. The predicted molar refractivity (Wildman–Crippen MR) is 192 cm³/mol. The summed E-state index contributed by atoms with van der Waals surface area (Å²) < 4.78 is 59.3. The average molecular weight is 694 g/mol. The third-order valence-electron chi connectivity index (χ3n) is 8.79. The summed E-state index contributed by atoms with van der Waals surface area (Å²) in [6.45, 7) is 11.3. The minimum absolute atomic E-state index is 0.